The molecule has 0 bridgehead atoms. The number of anilines is 1. The van der Waals surface area contributed by atoms with E-state index in [-0.39, 0.29) is 23.6 Å². The van der Waals surface area contributed by atoms with Crippen molar-refractivity contribution in [1.29, 1.82) is 0 Å². The number of nitrogens with zero attached hydrogens (tertiary/aromatic N) is 1. The van der Waals surface area contributed by atoms with E-state index in [9.17, 15) is 14.4 Å². The van der Waals surface area contributed by atoms with Gasteiger partial charge in [-0.15, -0.1) is 0 Å². The topological polar surface area (TPSA) is 87.7 Å². The average Bonchev–Trinajstić information content (AvgIpc) is 3.67. The summed E-state index contributed by atoms with van der Waals surface area (Å²) in [6, 6.07) is 11.7. The van der Waals surface area contributed by atoms with Gasteiger partial charge in [0.1, 0.15) is 17.7 Å². The van der Waals surface area contributed by atoms with Crippen molar-refractivity contribution in [3.05, 3.63) is 64.7 Å². The minimum absolute atomic E-state index is 0.0707. The summed E-state index contributed by atoms with van der Waals surface area (Å²) in [5.41, 5.74) is 3.77. The second-order valence-electron chi connectivity index (χ2n) is 10.6. The fraction of sp³-hybridized carbons (Fsp3) is 0.483. The minimum Gasteiger partial charge on any atom is -0.444 e. The van der Waals surface area contributed by atoms with Gasteiger partial charge in [-0.3, -0.25) is 9.59 Å². The molecule has 1 fully saturated rings. The lowest BCUT2D eigenvalue weighted by atomic mass is 9.99. The van der Waals surface area contributed by atoms with Crippen LogP contribution in [0.3, 0.4) is 0 Å². The van der Waals surface area contributed by atoms with Crippen LogP contribution in [0.1, 0.15) is 68.8 Å². The highest BCUT2D eigenvalue weighted by Crippen LogP contribution is 2.36. The molecule has 3 amide bonds. The van der Waals surface area contributed by atoms with Crippen LogP contribution in [0.5, 0.6) is 0 Å². The van der Waals surface area contributed by atoms with Gasteiger partial charge in [0, 0.05) is 17.5 Å². The number of aryl methyl sites for hydroxylation is 3. The number of nitrogens with one attached hydrogen (secondary N) is 2. The van der Waals surface area contributed by atoms with Crippen molar-refractivity contribution in [3.63, 3.8) is 0 Å². The van der Waals surface area contributed by atoms with Crippen LogP contribution >= 0.6 is 12.6 Å². The second-order valence-corrected chi connectivity index (χ2v) is 11.0. The summed E-state index contributed by atoms with van der Waals surface area (Å²) >= 11 is 4.35. The molecule has 8 heteroatoms. The van der Waals surface area contributed by atoms with E-state index in [1.165, 1.54) is 0 Å². The summed E-state index contributed by atoms with van der Waals surface area (Å²) in [4.78, 5) is 42.0. The maximum absolute atomic E-state index is 13.9. The maximum Gasteiger partial charge on any atom is 0.408 e. The maximum atomic E-state index is 13.9. The van der Waals surface area contributed by atoms with Crippen molar-refractivity contribution in [2.24, 2.45) is 0 Å². The van der Waals surface area contributed by atoms with Gasteiger partial charge in [0.25, 0.3) is 5.91 Å². The van der Waals surface area contributed by atoms with Crippen molar-refractivity contribution >= 4 is 36.2 Å². The third kappa shape index (κ3) is 7.51. The van der Waals surface area contributed by atoms with Crippen LogP contribution < -0.4 is 10.6 Å². The number of hydrogen-bond donors (Lipinski definition) is 3. The zero-order valence-corrected chi connectivity index (χ0v) is 23.5. The fourth-order valence-electron chi connectivity index (χ4n) is 4.26. The van der Waals surface area contributed by atoms with Crippen LogP contribution in [0.4, 0.5) is 10.5 Å². The predicted molar refractivity (Wildman–Crippen MR) is 150 cm³/mol. The van der Waals surface area contributed by atoms with Crippen molar-refractivity contribution in [3.8, 4) is 0 Å². The summed E-state index contributed by atoms with van der Waals surface area (Å²) in [7, 11) is 0. The number of carbonyl (C=O) groups excluding carboxylic acids is 3. The molecule has 2 atom stereocenters. The molecule has 0 aliphatic heterocycles. The Hall–Kier alpha value is -3.00. The molecule has 2 aromatic carbocycles. The van der Waals surface area contributed by atoms with Crippen LogP contribution in [-0.4, -0.2) is 46.2 Å². The Morgan fingerprint density at radius 2 is 1.65 bits per heavy atom. The summed E-state index contributed by atoms with van der Waals surface area (Å²) in [5, 5.41) is 5.75. The van der Waals surface area contributed by atoms with Gasteiger partial charge in [-0.1, -0.05) is 49.4 Å². The molecular weight excluding hydrogens is 486 g/mol. The zero-order chi connectivity index (χ0) is 27.3. The average molecular weight is 526 g/mol. The molecule has 1 saturated carbocycles. The Balaban J connectivity index is 1.98. The third-order valence-corrected chi connectivity index (χ3v) is 6.69. The molecule has 1 aliphatic rings. The molecule has 7 nitrogen and oxygen atoms in total. The predicted octanol–water partition coefficient (Wildman–Crippen LogP) is 5.36. The molecule has 0 saturated heterocycles. The van der Waals surface area contributed by atoms with Crippen LogP contribution in [0.25, 0.3) is 0 Å². The number of rotatable bonds is 9. The Bertz CT molecular complexity index is 1100. The lowest BCUT2D eigenvalue weighted by molar-refractivity contribution is -0.141. The Morgan fingerprint density at radius 1 is 1.05 bits per heavy atom. The van der Waals surface area contributed by atoms with Crippen molar-refractivity contribution in [2.45, 2.75) is 84.5 Å². The SMILES string of the molecule is CCc1ccc(C(C(=O)Nc2c(C)cccc2C)N(C(=O)C(CS)NC(=O)OC(C)(C)C)C2CC2)cc1. The lowest BCUT2D eigenvalue weighted by Crippen LogP contribution is -2.54. The number of amides is 3. The lowest BCUT2D eigenvalue weighted by Gasteiger charge is -2.34. The number of thiol groups is 1. The summed E-state index contributed by atoms with van der Waals surface area (Å²) in [6.45, 7) is 11.2. The number of hydrogen-bond acceptors (Lipinski definition) is 5. The summed E-state index contributed by atoms with van der Waals surface area (Å²) in [5.74, 6) is -0.580. The van der Waals surface area contributed by atoms with Gasteiger partial charge in [0.2, 0.25) is 5.91 Å². The molecule has 0 aromatic heterocycles. The van der Waals surface area contributed by atoms with Crippen LogP contribution in [0.2, 0.25) is 0 Å². The zero-order valence-electron chi connectivity index (χ0n) is 22.6. The molecule has 2 aromatic rings. The van der Waals surface area contributed by atoms with Crippen LogP contribution in [0, 0.1) is 13.8 Å². The molecule has 200 valence electrons. The van der Waals surface area contributed by atoms with E-state index >= 15 is 0 Å². The fourth-order valence-corrected chi connectivity index (χ4v) is 4.51. The van der Waals surface area contributed by atoms with E-state index in [0.717, 1.165) is 47.2 Å². The van der Waals surface area contributed by atoms with Gasteiger partial charge in [0.05, 0.1) is 0 Å². The first kappa shape index (κ1) is 28.6. The number of para-hydroxylation sites is 1. The first-order valence-corrected chi connectivity index (χ1v) is 13.5. The van der Waals surface area contributed by atoms with Gasteiger partial charge in [-0.2, -0.15) is 12.6 Å². The van der Waals surface area contributed by atoms with Crippen molar-refractivity contribution in [2.75, 3.05) is 11.1 Å². The number of benzene rings is 2. The van der Waals surface area contributed by atoms with Gasteiger partial charge in [0.15, 0.2) is 0 Å². The Labute approximate surface area is 225 Å². The van der Waals surface area contributed by atoms with Gasteiger partial charge in [-0.05, 0) is 76.1 Å². The van der Waals surface area contributed by atoms with Crippen LogP contribution in [-0.2, 0) is 20.7 Å². The van der Waals surface area contributed by atoms with Gasteiger partial charge >= 0.3 is 6.09 Å². The highest BCUT2D eigenvalue weighted by Gasteiger charge is 2.44. The first-order valence-electron chi connectivity index (χ1n) is 12.8. The number of alkyl carbamates (subject to hydrolysis) is 1. The van der Waals surface area contributed by atoms with E-state index in [4.69, 9.17) is 4.74 Å². The molecule has 0 heterocycles. The Kier molecular flexibility index (Phi) is 9.29. The third-order valence-electron chi connectivity index (χ3n) is 6.33. The molecule has 0 spiro atoms. The Morgan fingerprint density at radius 3 is 2.14 bits per heavy atom. The number of ether oxygens (including phenoxy) is 1. The first-order chi connectivity index (χ1) is 17.4. The summed E-state index contributed by atoms with van der Waals surface area (Å²) < 4.78 is 5.37. The van der Waals surface area contributed by atoms with E-state index in [2.05, 4.69) is 30.2 Å². The van der Waals surface area contributed by atoms with E-state index in [1.807, 2.05) is 56.3 Å². The largest absolute Gasteiger partial charge is 0.444 e. The monoisotopic (exact) mass is 525 g/mol. The standard InChI is InChI=1S/C29H39N3O4S/c1-7-20-11-13-21(14-12-20)25(26(33)31-24-18(2)9-8-10-19(24)3)32(22-15-16-22)27(34)23(17-37)30-28(35)36-29(4,5)6/h8-14,22-23,25,37H,7,15-17H2,1-6H3,(H,30,35)(H,31,33). The van der Waals surface area contributed by atoms with E-state index < -0.39 is 23.8 Å². The molecule has 3 rings (SSSR count). The molecule has 37 heavy (non-hydrogen) atoms. The van der Waals surface area contributed by atoms with E-state index in [1.54, 1.807) is 25.7 Å². The smallest absolute Gasteiger partial charge is 0.408 e. The van der Waals surface area contributed by atoms with Crippen molar-refractivity contribution < 1.29 is 19.1 Å². The van der Waals surface area contributed by atoms with Gasteiger partial charge in [-0.25, -0.2) is 4.79 Å². The quantitative estimate of drug-likeness (QED) is 0.385. The van der Waals surface area contributed by atoms with Crippen LogP contribution in [0.15, 0.2) is 42.5 Å². The molecule has 0 radical (unpaired) electrons. The van der Waals surface area contributed by atoms with Crippen molar-refractivity contribution in [1.82, 2.24) is 10.2 Å². The molecular formula is C29H39N3O4S. The summed E-state index contributed by atoms with van der Waals surface area (Å²) in [6.07, 6.45) is 1.75. The van der Waals surface area contributed by atoms with E-state index in [0.29, 0.717) is 0 Å². The highest BCUT2D eigenvalue weighted by molar-refractivity contribution is 7.80. The second kappa shape index (κ2) is 12.0. The molecule has 1 aliphatic carbocycles. The van der Waals surface area contributed by atoms with Gasteiger partial charge < -0.3 is 20.3 Å². The molecule has 2 unspecified atom stereocenters. The highest BCUT2D eigenvalue weighted by atomic mass is 32.1. The normalized spacial score (nSPS) is 14.9. The molecule has 2 N–H and O–H groups in total. The number of carbonyl (C=O) groups is 3. The minimum atomic E-state index is -0.941.